The number of rotatable bonds is 4. The first-order valence-electron chi connectivity index (χ1n) is 9.27. The Hall–Kier alpha value is -3.83. The van der Waals surface area contributed by atoms with E-state index in [1.54, 1.807) is 18.2 Å². The Morgan fingerprint density at radius 3 is 2.09 bits per heavy atom. The highest BCUT2D eigenvalue weighted by Crippen LogP contribution is 2.39. The molecule has 0 bridgehead atoms. The minimum absolute atomic E-state index is 0.0236. The molecule has 0 saturated carbocycles. The molecule has 6 nitrogen and oxygen atoms in total. The van der Waals surface area contributed by atoms with Crippen LogP contribution in [-0.4, -0.2) is 34.2 Å². The smallest absolute Gasteiger partial charge is 0.435 e. The van der Waals surface area contributed by atoms with Crippen LogP contribution in [0.5, 0.6) is 11.5 Å². The number of nitrogens with zero attached hydrogens (tertiary/aromatic N) is 3. The van der Waals surface area contributed by atoms with Gasteiger partial charge in [0.2, 0.25) is 0 Å². The highest BCUT2D eigenvalue weighted by atomic mass is 19.4. The van der Waals surface area contributed by atoms with Crippen molar-refractivity contribution in [1.82, 2.24) is 19.9 Å². The highest BCUT2D eigenvalue weighted by molar-refractivity contribution is 5.82. The number of methoxy groups -OCH3 is 2. The Bertz CT molecular complexity index is 1330. The molecule has 33 heavy (non-hydrogen) atoms. The average molecular weight is 468 g/mol. The van der Waals surface area contributed by atoms with Crippen LogP contribution in [-0.2, 0) is 12.4 Å². The van der Waals surface area contributed by atoms with Crippen molar-refractivity contribution in [2.45, 2.75) is 12.4 Å². The maximum Gasteiger partial charge on any atom is 0.435 e. The fourth-order valence-electron chi connectivity index (χ4n) is 3.24. The van der Waals surface area contributed by atoms with Crippen molar-refractivity contribution in [3.63, 3.8) is 0 Å². The third-order valence-electron chi connectivity index (χ3n) is 4.75. The summed E-state index contributed by atoms with van der Waals surface area (Å²) < 4.78 is 90.7. The highest BCUT2D eigenvalue weighted by Gasteiger charge is 2.38. The molecule has 2 aromatic carbocycles. The van der Waals surface area contributed by atoms with Gasteiger partial charge in [-0.1, -0.05) is 12.1 Å². The van der Waals surface area contributed by atoms with E-state index < -0.39 is 29.1 Å². The predicted octanol–water partition coefficient (Wildman–Crippen LogP) is 5.74. The number of hydrogen-bond donors (Lipinski definition) is 1. The fourth-order valence-corrected chi connectivity index (χ4v) is 3.24. The first kappa shape index (κ1) is 22.4. The Morgan fingerprint density at radius 2 is 1.45 bits per heavy atom. The fraction of sp³-hybridized carbons (Fsp3) is 0.190. The quantitative estimate of drug-likeness (QED) is 0.387. The zero-order valence-electron chi connectivity index (χ0n) is 17.0. The molecule has 0 atom stereocenters. The number of nitrogens with one attached hydrogen (secondary N) is 1. The molecule has 0 aliphatic heterocycles. The van der Waals surface area contributed by atoms with Gasteiger partial charge in [-0.25, -0.2) is 15.0 Å². The van der Waals surface area contributed by atoms with Gasteiger partial charge in [-0.05, 0) is 30.3 Å². The molecule has 0 saturated heterocycles. The molecular formula is C21H14F6N4O2. The third-order valence-corrected chi connectivity index (χ3v) is 4.75. The van der Waals surface area contributed by atoms with Crippen LogP contribution < -0.4 is 9.47 Å². The lowest BCUT2D eigenvalue weighted by atomic mass is 10.1. The van der Waals surface area contributed by atoms with Gasteiger partial charge >= 0.3 is 12.4 Å². The van der Waals surface area contributed by atoms with Gasteiger partial charge in [0.25, 0.3) is 0 Å². The number of aromatic nitrogens is 4. The van der Waals surface area contributed by atoms with Crippen molar-refractivity contribution in [2.75, 3.05) is 14.2 Å². The minimum Gasteiger partial charge on any atom is -0.496 e. The number of alkyl halides is 6. The number of ether oxygens (including phenoxy) is 2. The number of imidazole rings is 1. The molecule has 0 aliphatic rings. The van der Waals surface area contributed by atoms with E-state index in [-0.39, 0.29) is 39.9 Å². The number of halogens is 6. The number of benzene rings is 2. The standard InChI is InChI=1S/C21H14F6N4O2/c1-32-13-6-4-3-5-11(13)18-29-16(21(25,26)27)15-19(31-18)30-17(28-15)12-8-7-10(20(22,23)24)9-14(12)33-2/h3-9H,1-2H3,(H,28,29,30,31). The molecule has 12 heteroatoms. The molecule has 0 radical (unpaired) electrons. The maximum absolute atomic E-state index is 13.8. The number of aromatic amines is 1. The van der Waals surface area contributed by atoms with Crippen LogP contribution in [0.1, 0.15) is 11.3 Å². The lowest BCUT2D eigenvalue weighted by Gasteiger charge is -2.11. The van der Waals surface area contributed by atoms with E-state index in [0.29, 0.717) is 0 Å². The predicted molar refractivity (Wildman–Crippen MR) is 106 cm³/mol. The average Bonchev–Trinajstić information content (AvgIpc) is 3.20. The zero-order chi connectivity index (χ0) is 24.0. The topological polar surface area (TPSA) is 72.9 Å². The number of para-hydroxylation sites is 1. The van der Waals surface area contributed by atoms with Crippen LogP contribution in [0, 0.1) is 0 Å². The van der Waals surface area contributed by atoms with Gasteiger partial charge in [0.05, 0.1) is 30.9 Å². The third kappa shape index (κ3) is 4.15. The van der Waals surface area contributed by atoms with E-state index in [9.17, 15) is 26.3 Å². The van der Waals surface area contributed by atoms with Gasteiger partial charge in [-0.15, -0.1) is 0 Å². The minimum atomic E-state index is -4.87. The Morgan fingerprint density at radius 1 is 0.758 bits per heavy atom. The van der Waals surface area contributed by atoms with Crippen LogP contribution in [0.25, 0.3) is 33.9 Å². The molecule has 0 fully saturated rings. The van der Waals surface area contributed by atoms with Gasteiger partial charge in [0, 0.05) is 0 Å². The van der Waals surface area contributed by atoms with Gasteiger partial charge in [-0.2, -0.15) is 26.3 Å². The van der Waals surface area contributed by atoms with E-state index in [1.807, 2.05) is 0 Å². The van der Waals surface area contributed by atoms with E-state index in [1.165, 1.54) is 13.2 Å². The van der Waals surface area contributed by atoms with Gasteiger partial charge in [0.15, 0.2) is 17.2 Å². The summed E-state index contributed by atoms with van der Waals surface area (Å²) in [6.07, 6.45) is -9.50. The summed E-state index contributed by atoms with van der Waals surface area (Å²) in [7, 11) is 2.49. The van der Waals surface area contributed by atoms with Crippen LogP contribution in [0.4, 0.5) is 26.3 Å². The Labute approximate surface area is 182 Å². The largest absolute Gasteiger partial charge is 0.496 e. The second-order valence-corrected chi connectivity index (χ2v) is 6.79. The number of fused-ring (bicyclic) bond motifs is 1. The molecule has 172 valence electrons. The monoisotopic (exact) mass is 468 g/mol. The summed E-state index contributed by atoms with van der Waals surface area (Å²) in [5, 5.41) is 0. The van der Waals surface area contributed by atoms with E-state index in [0.717, 1.165) is 25.3 Å². The van der Waals surface area contributed by atoms with Crippen LogP contribution in [0.2, 0.25) is 0 Å². The van der Waals surface area contributed by atoms with Crippen molar-refractivity contribution >= 4 is 11.2 Å². The lowest BCUT2D eigenvalue weighted by Crippen LogP contribution is -2.11. The normalized spacial score (nSPS) is 12.2. The molecule has 0 aliphatic carbocycles. The van der Waals surface area contributed by atoms with Crippen molar-refractivity contribution in [1.29, 1.82) is 0 Å². The van der Waals surface area contributed by atoms with Crippen LogP contribution in [0.3, 0.4) is 0 Å². The van der Waals surface area contributed by atoms with Gasteiger partial charge in [0.1, 0.15) is 22.8 Å². The van der Waals surface area contributed by atoms with E-state index in [4.69, 9.17) is 9.47 Å². The van der Waals surface area contributed by atoms with Crippen LogP contribution >= 0.6 is 0 Å². The summed E-state index contributed by atoms with van der Waals surface area (Å²) in [5.41, 5.74) is -2.86. The summed E-state index contributed by atoms with van der Waals surface area (Å²) >= 11 is 0. The second-order valence-electron chi connectivity index (χ2n) is 6.79. The molecular weight excluding hydrogens is 454 g/mol. The number of H-pyrrole nitrogens is 1. The molecule has 0 unspecified atom stereocenters. The molecule has 0 amide bonds. The molecule has 4 aromatic rings. The van der Waals surface area contributed by atoms with Gasteiger partial charge in [-0.3, -0.25) is 0 Å². The molecule has 2 aromatic heterocycles. The summed E-state index contributed by atoms with van der Waals surface area (Å²) in [6, 6.07) is 8.82. The molecule has 1 N–H and O–H groups in total. The summed E-state index contributed by atoms with van der Waals surface area (Å²) in [6.45, 7) is 0. The Kier molecular flexibility index (Phi) is 5.38. The Balaban J connectivity index is 1.94. The molecule has 4 rings (SSSR count). The first-order valence-corrected chi connectivity index (χ1v) is 9.27. The van der Waals surface area contributed by atoms with E-state index >= 15 is 0 Å². The zero-order valence-corrected chi connectivity index (χ0v) is 17.0. The lowest BCUT2D eigenvalue weighted by molar-refractivity contribution is -0.140. The van der Waals surface area contributed by atoms with Gasteiger partial charge < -0.3 is 14.5 Å². The van der Waals surface area contributed by atoms with Crippen molar-refractivity contribution in [3.8, 4) is 34.3 Å². The molecule has 2 heterocycles. The van der Waals surface area contributed by atoms with Crippen molar-refractivity contribution in [2.24, 2.45) is 0 Å². The number of hydrogen-bond acceptors (Lipinski definition) is 5. The first-order chi connectivity index (χ1) is 15.5. The summed E-state index contributed by atoms with van der Waals surface area (Å²) in [5.74, 6) is -0.405. The SMILES string of the molecule is COc1ccccc1-c1nc(C(F)(F)F)c2[nH]c(-c3ccc(C(F)(F)F)cc3OC)nc2n1. The maximum atomic E-state index is 13.8. The second kappa shape index (κ2) is 7.94. The molecule has 0 spiro atoms. The summed E-state index contributed by atoms with van der Waals surface area (Å²) in [4.78, 5) is 14.4. The van der Waals surface area contributed by atoms with E-state index in [2.05, 4.69) is 19.9 Å². The van der Waals surface area contributed by atoms with Crippen molar-refractivity contribution in [3.05, 3.63) is 53.7 Å². The van der Waals surface area contributed by atoms with Crippen molar-refractivity contribution < 1.29 is 35.8 Å². The van der Waals surface area contributed by atoms with Crippen LogP contribution in [0.15, 0.2) is 42.5 Å².